The number of ether oxygens (including phenoxy) is 2. The molecule has 0 saturated carbocycles. The monoisotopic (exact) mass is 511 g/mol. The van der Waals surface area contributed by atoms with Crippen LogP contribution in [0.4, 0.5) is 10.1 Å². The maximum absolute atomic E-state index is 15.6. The lowest BCUT2D eigenvalue weighted by molar-refractivity contribution is -0.126. The molecule has 1 amide bonds. The summed E-state index contributed by atoms with van der Waals surface area (Å²) in [7, 11) is -2.39. The molecule has 0 aromatic heterocycles. The molecule has 1 heterocycles. The van der Waals surface area contributed by atoms with Crippen molar-refractivity contribution in [2.24, 2.45) is 5.41 Å². The van der Waals surface area contributed by atoms with E-state index in [-0.39, 0.29) is 55.7 Å². The van der Waals surface area contributed by atoms with Crippen molar-refractivity contribution < 1.29 is 27.1 Å². The summed E-state index contributed by atoms with van der Waals surface area (Å²) in [5, 5.41) is 0.426. The van der Waals surface area contributed by atoms with E-state index in [1.54, 1.807) is 26.8 Å². The van der Waals surface area contributed by atoms with Crippen molar-refractivity contribution in [3.63, 3.8) is 0 Å². The highest BCUT2D eigenvalue weighted by Gasteiger charge is 2.47. The molecular weight excluding hydrogens is 481 g/mol. The van der Waals surface area contributed by atoms with Crippen LogP contribution in [0.3, 0.4) is 0 Å². The van der Waals surface area contributed by atoms with Gasteiger partial charge in [-0.2, -0.15) is 0 Å². The maximum atomic E-state index is 15.6. The van der Waals surface area contributed by atoms with Crippen LogP contribution in [-0.4, -0.2) is 47.8 Å². The van der Waals surface area contributed by atoms with E-state index in [2.05, 4.69) is 0 Å². The summed E-state index contributed by atoms with van der Waals surface area (Å²) in [6, 6.07) is 10.3. The first-order valence-electron chi connectivity index (χ1n) is 11.1. The van der Waals surface area contributed by atoms with Crippen molar-refractivity contribution in [2.45, 2.75) is 43.3 Å². The number of hydrogen-bond acceptors (Lipinski definition) is 5. The van der Waals surface area contributed by atoms with Gasteiger partial charge in [-0.15, -0.1) is 0 Å². The van der Waals surface area contributed by atoms with E-state index in [4.69, 9.17) is 21.1 Å². The molecule has 1 fully saturated rings. The molecule has 2 aromatic rings. The fourth-order valence-corrected chi connectivity index (χ4v) is 6.39. The summed E-state index contributed by atoms with van der Waals surface area (Å²) in [4.78, 5) is 14.5. The Morgan fingerprint density at radius 2 is 1.76 bits per heavy atom. The number of hydrogen-bond donors (Lipinski definition) is 0. The molecule has 0 atom stereocenters. The summed E-state index contributed by atoms with van der Waals surface area (Å²) in [6.07, 6.45) is 0.371. The third-order valence-corrected chi connectivity index (χ3v) is 8.93. The molecule has 186 valence electrons. The minimum atomic E-state index is -3.90. The standard InChI is InChI=1S/C25H31ClFNO5S/c1-24(2,3)23(29)28(13-16-32-4)22-10-5-18(17-21(22)27)25(11-14-33-15-12-25)34(30,31)20-8-6-19(26)7-9-20/h5-10,17H,11-16H2,1-4H3. The molecule has 9 heteroatoms. The first-order chi connectivity index (χ1) is 15.9. The second-order valence-electron chi connectivity index (χ2n) is 9.43. The lowest BCUT2D eigenvalue weighted by Gasteiger charge is -2.37. The Hall–Kier alpha value is -2.00. The highest BCUT2D eigenvalue weighted by Crippen LogP contribution is 2.44. The fraction of sp³-hybridized carbons (Fsp3) is 0.480. The van der Waals surface area contributed by atoms with Crippen LogP contribution in [-0.2, 0) is 28.9 Å². The molecule has 0 unspecified atom stereocenters. The van der Waals surface area contributed by atoms with Crippen molar-refractivity contribution >= 4 is 33.0 Å². The molecule has 0 spiro atoms. The summed E-state index contributed by atoms with van der Waals surface area (Å²) in [5.41, 5.74) is -0.313. The zero-order valence-electron chi connectivity index (χ0n) is 19.9. The number of benzene rings is 2. The van der Waals surface area contributed by atoms with Crippen LogP contribution >= 0.6 is 11.6 Å². The van der Waals surface area contributed by atoms with Gasteiger partial charge >= 0.3 is 0 Å². The van der Waals surface area contributed by atoms with E-state index >= 15 is 4.39 Å². The van der Waals surface area contributed by atoms with Crippen molar-refractivity contribution in [3.05, 3.63) is 58.9 Å². The summed E-state index contributed by atoms with van der Waals surface area (Å²) < 4.78 is 52.4. The van der Waals surface area contributed by atoms with E-state index < -0.39 is 25.8 Å². The van der Waals surface area contributed by atoms with E-state index in [1.165, 1.54) is 48.4 Å². The number of amides is 1. The minimum Gasteiger partial charge on any atom is -0.383 e. The largest absolute Gasteiger partial charge is 0.383 e. The van der Waals surface area contributed by atoms with Gasteiger partial charge in [0.05, 0.1) is 17.2 Å². The van der Waals surface area contributed by atoms with Crippen molar-refractivity contribution in [2.75, 3.05) is 38.4 Å². The first kappa shape index (κ1) is 26.6. The van der Waals surface area contributed by atoms with Gasteiger partial charge in [0, 0.05) is 37.3 Å². The number of halogens is 2. The van der Waals surface area contributed by atoms with Gasteiger partial charge in [0.25, 0.3) is 0 Å². The Morgan fingerprint density at radius 1 is 1.15 bits per heavy atom. The predicted octanol–water partition coefficient (Wildman–Crippen LogP) is 4.98. The van der Waals surface area contributed by atoms with Gasteiger partial charge in [0.15, 0.2) is 9.84 Å². The Bertz CT molecular complexity index is 1120. The zero-order valence-corrected chi connectivity index (χ0v) is 21.5. The van der Waals surface area contributed by atoms with Gasteiger partial charge in [-0.1, -0.05) is 38.4 Å². The topological polar surface area (TPSA) is 72.9 Å². The number of anilines is 1. The molecule has 1 aliphatic rings. The van der Waals surface area contributed by atoms with Gasteiger partial charge in [-0.25, -0.2) is 12.8 Å². The second-order valence-corrected chi connectivity index (χ2v) is 12.1. The first-order valence-corrected chi connectivity index (χ1v) is 13.0. The molecule has 3 rings (SSSR count). The third kappa shape index (κ3) is 5.15. The van der Waals surface area contributed by atoms with Gasteiger partial charge in [0.2, 0.25) is 5.91 Å². The Balaban J connectivity index is 2.10. The van der Waals surface area contributed by atoms with Crippen LogP contribution in [0.5, 0.6) is 0 Å². The number of nitrogens with zero attached hydrogens (tertiary/aromatic N) is 1. The van der Waals surface area contributed by atoms with E-state index in [0.717, 1.165) is 0 Å². The Labute approximate surface area is 205 Å². The van der Waals surface area contributed by atoms with E-state index in [0.29, 0.717) is 10.6 Å². The number of carbonyl (C=O) groups is 1. The Morgan fingerprint density at radius 3 is 2.29 bits per heavy atom. The third-order valence-electron chi connectivity index (χ3n) is 6.11. The summed E-state index contributed by atoms with van der Waals surface area (Å²) >= 11 is 5.96. The molecule has 1 aliphatic heterocycles. The Kier molecular flexibility index (Phi) is 8.07. The number of sulfone groups is 1. The average Bonchev–Trinajstić information content (AvgIpc) is 2.80. The van der Waals surface area contributed by atoms with Gasteiger partial charge in [-0.3, -0.25) is 4.79 Å². The SMILES string of the molecule is COCCN(C(=O)C(C)(C)C)c1ccc(C2(S(=O)(=O)c3ccc(Cl)cc3)CCOCC2)cc1F. The van der Waals surface area contributed by atoms with Gasteiger partial charge in [0.1, 0.15) is 10.6 Å². The molecule has 0 N–H and O–H groups in total. The van der Waals surface area contributed by atoms with Crippen LogP contribution in [0.1, 0.15) is 39.2 Å². The van der Waals surface area contributed by atoms with Crippen LogP contribution in [0, 0.1) is 11.2 Å². The second kappa shape index (κ2) is 10.3. The molecule has 0 radical (unpaired) electrons. The van der Waals surface area contributed by atoms with E-state index in [1.807, 2.05) is 0 Å². The predicted molar refractivity (Wildman–Crippen MR) is 130 cm³/mol. The average molecular weight is 512 g/mol. The summed E-state index contributed by atoms with van der Waals surface area (Å²) in [5.74, 6) is -0.922. The molecule has 34 heavy (non-hydrogen) atoms. The van der Waals surface area contributed by atoms with Crippen LogP contribution < -0.4 is 4.90 Å². The van der Waals surface area contributed by atoms with E-state index in [9.17, 15) is 13.2 Å². The summed E-state index contributed by atoms with van der Waals surface area (Å²) in [6.45, 7) is 6.16. The van der Waals surface area contributed by atoms with Crippen LogP contribution in [0.25, 0.3) is 0 Å². The van der Waals surface area contributed by atoms with Crippen LogP contribution in [0.2, 0.25) is 5.02 Å². The molecule has 0 bridgehead atoms. The fourth-order valence-electron chi connectivity index (χ4n) is 4.18. The highest BCUT2D eigenvalue weighted by molar-refractivity contribution is 7.92. The van der Waals surface area contributed by atoms with Gasteiger partial charge < -0.3 is 14.4 Å². The molecule has 1 saturated heterocycles. The van der Waals surface area contributed by atoms with Gasteiger partial charge in [-0.05, 0) is 54.8 Å². The molecule has 2 aromatic carbocycles. The quantitative estimate of drug-likeness (QED) is 0.524. The molecular formula is C25H31ClFNO5S. The minimum absolute atomic E-state index is 0.0897. The van der Waals surface area contributed by atoms with Crippen LogP contribution in [0.15, 0.2) is 47.4 Å². The highest BCUT2D eigenvalue weighted by atomic mass is 35.5. The van der Waals surface area contributed by atoms with Crippen molar-refractivity contribution in [1.82, 2.24) is 0 Å². The molecule has 0 aliphatic carbocycles. The van der Waals surface area contributed by atoms with Crippen molar-refractivity contribution in [1.29, 1.82) is 0 Å². The normalized spacial score (nSPS) is 16.3. The maximum Gasteiger partial charge on any atom is 0.232 e. The number of rotatable bonds is 7. The number of methoxy groups -OCH3 is 1. The zero-order chi connectivity index (χ0) is 25.1. The number of carbonyl (C=O) groups excluding carboxylic acids is 1. The van der Waals surface area contributed by atoms with Crippen molar-refractivity contribution in [3.8, 4) is 0 Å². The lowest BCUT2D eigenvalue weighted by atomic mass is 9.89. The molecule has 6 nitrogen and oxygen atoms in total. The lowest BCUT2D eigenvalue weighted by Crippen LogP contribution is -2.43. The smallest absolute Gasteiger partial charge is 0.232 e.